The fourth-order valence-corrected chi connectivity index (χ4v) is 2.18. The van der Waals surface area contributed by atoms with Crippen molar-refractivity contribution in [1.82, 2.24) is 10.6 Å². The molecule has 20 heavy (non-hydrogen) atoms. The molecule has 0 aliphatic carbocycles. The highest BCUT2D eigenvalue weighted by Gasteiger charge is 2.11. The summed E-state index contributed by atoms with van der Waals surface area (Å²) in [7, 11) is 1.67. The van der Waals surface area contributed by atoms with Crippen LogP contribution in [0.5, 0.6) is 5.75 Å². The zero-order valence-corrected chi connectivity index (χ0v) is 12.4. The topological polar surface area (TPSA) is 46.4 Å². The molecule has 1 atom stereocenters. The van der Waals surface area contributed by atoms with Gasteiger partial charge in [0.1, 0.15) is 11.5 Å². The van der Waals surface area contributed by atoms with Crippen LogP contribution in [0.2, 0.25) is 0 Å². The van der Waals surface area contributed by atoms with Gasteiger partial charge in [-0.2, -0.15) is 0 Å². The van der Waals surface area contributed by atoms with E-state index in [9.17, 15) is 0 Å². The van der Waals surface area contributed by atoms with Crippen LogP contribution in [0.3, 0.4) is 0 Å². The van der Waals surface area contributed by atoms with Gasteiger partial charge in [-0.05, 0) is 37.3 Å². The molecule has 0 saturated heterocycles. The summed E-state index contributed by atoms with van der Waals surface area (Å²) in [6, 6.07) is 11.7. The zero-order chi connectivity index (χ0) is 14.4. The molecule has 0 fully saturated rings. The molecule has 2 rings (SSSR count). The minimum absolute atomic E-state index is 0.0581. The van der Waals surface area contributed by atoms with Crippen molar-refractivity contribution in [1.29, 1.82) is 0 Å². The number of rotatable bonds is 5. The normalized spacial score (nSPS) is 11.7. The first-order valence-electron chi connectivity index (χ1n) is 6.40. The summed E-state index contributed by atoms with van der Waals surface area (Å²) in [6.45, 7) is 2.61. The number of methoxy groups -OCH3 is 1. The molecular weight excluding hydrogens is 272 g/mol. The Balaban J connectivity index is 1.90. The molecule has 5 heteroatoms. The van der Waals surface area contributed by atoms with E-state index in [2.05, 4.69) is 10.6 Å². The van der Waals surface area contributed by atoms with Gasteiger partial charge in [0.05, 0.1) is 26.0 Å². The molecule has 1 aromatic carbocycles. The van der Waals surface area contributed by atoms with Crippen LogP contribution < -0.4 is 15.4 Å². The van der Waals surface area contributed by atoms with Gasteiger partial charge in [0.15, 0.2) is 5.11 Å². The molecule has 0 aliphatic heterocycles. The molecular formula is C15H18N2O2S. The molecule has 0 bridgehead atoms. The standard InChI is InChI=1S/C15H18N2O2S/c1-11(13-7-3-4-8-14(13)18-2)17-15(20)16-10-12-6-5-9-19-12/h3-9,11H,10H2,1-2H3,(H2,16,17,20). The molecule has 1 aromatic heterocycles. The van der Waals surface area contributed by atoms with E-state index < -0.39 is 0 Å². The van der Waals surface area contributed by atoms with Crippen molar-refractivity contribution >= 4 is 17.3 Å². The van der Waals surface area contributed by atoms with Gasteiger partial charge < -0.3 is 19.8 Å². The molecule has 2 aromatic rings. The maximum Gasteiger partial charge on any atom is 0.167 e. The Labute approximate surface area is 124 Å². The van der Waals surface area contributed by atoms with Crippen LogP contribution in [0.4, 0.5) is 0 Å². The molecule has 0 aliphatic rings. The maximum absolute atomic E-state index is 5.35. The fourth-order valence-electron chi connectivity index (χ4n) is 1.93. The third kappa shape index (κ3) is 3.74. The monoisotopic (exact) mass is 290 g/mol. The Bertz CT molecular complexity index is 555. The van der Waals surface area contributed by atoms with Gasteiger partial charge in [0.25, 0.3) is 0 Å². The molecule has 0 amide bonds. The van der Waals surface area contributed by atoms with Crippen molar-refractivity contribution in [3.8, 4) is 5.75 Å². The van der Waals surface area contributed by atoms with Crippen LogP contribution in [0.1, 0.15) is 24.3 Å². The Hall–Kier alpha value is -2.01. The lowest BCUT2D eigenvalue weighted by molar-refractivity contribution is 0.405. The molecule has 0 radical (unpaired) electrons. The predicted octanol–water partition coefficient (Wildman–Crippen LogP) is 3.01. The Morgan fingerprint density at radius 1 is 1.30 bits per heavy atom. The third-order valence-corrected chi connectivity index (χ3v) is 3.22. The van der Waals surface area contributed by atoms with Gasteiger partial charge in [-0.1, -0.05) is 18.2 Å². The highest BCUT2D eigenvalue weighted by molar-refractivity contribution is 7.80. The lowest BCUT2D eigenvalue weighted by Crippen LogP contribution is -2.36. The van der Waals surface area contributed by atoms with Gasteiger partial charge in [0.2, 0.25) is 0 Å². The van der Waals surface area contributed by atoms with E-state index in [1.165, 1.54) is 0 Å². The van der Waals surface area contributed by atoms with Crippen LogP contribution in [0.25, 0.3) is 0 Å². The van der Waals surface area contributed by atoms with Gasteiger partial charge in [-0.25, -0.2) is 0 Å². The van der Waals surface area contributed by atoms with Gasteiger partial charge >= 0.3 is 0 Å². The van der Waals surface area contributed by atoms with E-state index in [0.29, 0.717) is 11.7 Å². The first-order chi connectivity index (χ1) is 9.70. The lowest BCUT2D eigenvalue weighted by Gasteiger charge is -2.19. The summed E-state index contributed by atoms with van der Waals surface area (Å²) in [5.41, 5.74) is 1.07. The predicted molar refractivity (Wildman–Crippen MR) is 82.7 cm³/mol. The Kier molecular flexibility index (Phi) is 5.01. The summed E-state index contributed by atoms with van der Waals surface area (Å²) in [6.07, 6.45) is 1.64. The Morgan fingerprint density at radius 2 is 2.10 bits per heavy atom. The maximum atomic E-state index is 5.35. The van der Waals surface area contributed by atoms with E-state index in [1.54, 1.807) is 13.4 Å². The van der Waals surface area contributed by atoms with E-state index in [1.807, 2.05) is 43.3 Å². The minimum Gasteiger partial charge on any atom is -0.496 e. The number of thiocarbonyl (C=S) groups is 1. The summed E-state index contributed by atoms with van der Waals surface area (Å²) in [5.74, 6) is 1.69. The second-order valence-electron chi connectivity index (χ2n) is 4.37. The van der Waals surface area contributed by atoms with Crippen molar-refractivity contribution in [2.45, 2.75) is 19.5 Å². The van der Waals surface area contributed by atoms with E-state index in [0.717, 1.165) is 17.1 Å². The molecule has 4 nitrogen and oxygen atoms in total. The average molecular weight is 290 g/mol. The first-order valence-corrected chi connectivity index (χ1v) is 6.81. The first kappa shape index (κ1) is 14.4. The SMILES string of the molecule is COc1ccccc1C(C)NC(=S)NCc1ccco1. The highest BCUT2D eigenvalue weighted by atomic mass is 32.1. The largest absolute Gasteiger partial charge is 0.496 e. The molecule has 2 N–H and O–H groups in total. The van der Waals surface area contributed by atoms with Crippen molar-refractivity contribution in [3.63, 3.8) is 0 Å². The number of hydrogen-bond donors (Lipinski definition) is 2. The van der Waals surface area contributed by atoms with Crippen LogP contribution in [0, 0.1) is 0 Å². The van der Waals surface area contributed by atoms with Crippen LogP contribution in [-0.4, -0.2) is 12.2 Å². The smallest absolute Gasteiger partial charge is 0.167 e. The summed E-state index contributed by atoms with van der Waals surface area (Å²) < 4.78 is 10.6. The molecule has 1 heterocycles. The number of benzene rings is 1. The van der Waals surface area contributed by atoms with Gasteiger partial charge in [-0.15, -0.1) is 0 Å². The van der Waals surface area contributed by atoms with Crippen LogP contribution in [0.15, 0.2) is 47.1 Å². The molecule has 0 spiro atoms. The van der Waals surface area contributed by atoms with E-state index in [-0.39, 0.29) is 6.04 Å². The van der Waals surface area contributed by atoms with Crippen molar-refractivity contribution in [2.75, 3.05) is 7.11 Å². The number of para-hydroxylation sites is 1. The van der Waals surface area contributed by atoms with Gasteiger partial charge in [0, 0.05) is 5.56 Å². The average Bonchev–Trinajstić information content (AvgIpc) is 2.98. The second kappa shape index (κ2) is 6.96. The number of hydrogen-bond acceptors (Lipinski definition) is 3. The zero-order valence-electron chi connectivity index (χ0n) is 11.6. The molecule has 0 saturated carbocycles. The molecule has 106 valence electrons. The fraction of sp³-hybridized carbons (Fsp3) is 0.267. The Morgan fingerprint density at radius 3 is 2.80 bits per heavy atom. The van der Waals surface area contributed by atoms with Crippen molar-refractivity contribution in [3.05, 3.63) is 54.0 Å². The van der Waals surface area contributed by atoms with Crippen molar-refractivity contribution in [2.24, 2.45) is 0 Å². The minimum atomic E-state index is 0.0581. The lowest BCUT2D eigenvalue weighted by atomic mass is 10.1. The quantitative estimate of drug-likeness (QED) is 0.829. The summed E-state index contributed by atoms with van der Waals surface area (Å²) >= 11 is 5.28. The van der Waals surface area contributed by atoms with Gasteiger partial charge in [-0.3, -0.25) is 0 Å². The van der Waals surface area contributed by atoms with Crippen molar-refractivity contribution < 1.29 is 9.15 Å². The summed E-state index contributed by atoms with van der Waals surface area (Å²) in [4.78, 5) is 0. The van der Waals surface area contributed by atoms with Crippen LogP contribution >= 0.6 is 12.2 Å². The number of ether oxygens (including phenoxy) is 1. The third-order valence-electron chi connectivity index (χ3n) is 2.96. The van der Waals surface area contributed by atoms with E-state index in [4.69, 9.17) is 21.4 Å². The second-order valence-corrected chi connectivity index (χ2v) is 4.78. The number of furan rings is 1. The van der Waals surface area contributed by atoms with E-state index >= 15 is 0 Å². The molecule has 1 unspecified atom stereocenters. The number of nitrogens with one attached hydrogen (secondary N) is 2. The van der Waals surface area contributed by atoms with Crippen LogP contribution in [-0.2, 0) is 6.54 Å². The highest BCUT2D eigenvalue weighted by Crippen LogP contribution is 2.24. The summed E-state index contributed by atoms with van der Waals surface area (Å²) in [5, 5.41) is 6.92.